The van der Waals surface area contributed by atoms with E-state index in [4.69, 9.17) is 9.84 Å². The summed E-state index contributed by atoms with van der Waals surface area (Å²) in [7, 11) is 0. The van der Waals surface area contributed by atoms with E-state index in [0.717, 1.165) is 12.2 Å². The number of aliphatic hydroxyl groups is 1. The number of carbonyl (C=O) groups is 1. The fourth-order valence-electron chi connectivity index (χ4n) is 1.67. The molecule has 0 heterocycles. The Balaban J connectivity index is 2.37. The van der Waals surface area contributed by atoms with Crippen LogP contribution >= 0.6 is 0 Å². The number of ether oxygens (including phenoxy) is 1. The number of hydrogen-bond donors (Lipinski definition) is 2. The van der Waals surface area contributed by atoms with Gasteiger partial charge in [-0.25, -0.2) is 0 Å². The van der Waals surface area contributed by atoms with Crippen molar-refractivity contribution in [2.45, 2.75) is 39.7 Å². The molecule has 20 heavy (non-hydrogen) atoms. The van der Waals surface area contributed by atoms with E-state index in [9.17, 15) is 4.79 Å². The predicted molar refractivity (Wildman–Crippen MR) is 80.0 cm³/mol. The van der Waals surface area contributed by atoms with E-state index in [0.29, 0.717) is 31.1 Å². The lowest BCUT2D eigenvalue weighted by Gasteiger charge is -2.09. The molecule has 0 aromatic heterocycles. The Morgan fingerprint density at radius 2 is 1.90 bits per heavy atom. The van der Waals surface area contributed by atoms with Crippen molar-refractivity contribution in [3.63, 3.8) is 0 Å². The second-order valence-electron chi connectivity index (χ2n) is 5.48. The minimum absolute atomic E-state index is 0.0917. The highest BCUT2D eigenvalue weighted by Crippen LogP contribution is 2.13. The molecule has 0 saturated heterocycles. The van der Waals surface area contributed by atoms with Gasteiger partial charge in [0, 0.05) is 12.1 Å². The standard InChI is InChI=1S/C16H25NO3/c1-12(2)11-20-15-8-6-14(7-9-15)16(19)17-10-4-5-13(3)18/h6-9,12-13,18H,4-5,10-11H2,1-3H3,(H,17,19). The molecule has 1 rings (SSSR count). The van der Waals surface area contributed by atoms with Crippen LogP contribution < -0.4 is 10.1 Å². The van der Waals surface area contributed by atoms with Crippen LogP contribution in [0.3, 0.4) is 0 Å². The molecular weight excluding hydrogens is 254 g/mol. The molecule has 1 atom stereocenters. The lowest BCUT2D eigenvalue weighted by atomic mass is 10.2. The Labute approximate surface area is 121 Å². The van der Waals surface area contributed by atoms with Crippen molar-refractivity contribution in [2.75, 3.05) is 13.2 Å². The molecule has 0 bridgehead atoms. The maximum Gasteiger partial charge on any atom is 0.251 e. The van der Waals surface area contributed by atoms with E-state index in [1.165, 1.54) is 0 Å². The van der Waals surface area contributed by atoms with E-state index in [-0.39, 0.29) is 12.0 Å². The van der Waals surface area contributed by atoms with Gasteiger partial charge in [-0.15, -0.1) is 0 Å². The van der Waals surface area contributed by atoms with Crippen molar-refractivity contribution in [3.8, 4) is 5.75 Å². The zero-order valence-electron chi connectivity index (χ0n) is 12.6. The summed E-state index contributed by atoms with van der Waals surface area (Å²) in [6.45, 7) is 7.18. The predicted octanol–water partition coefficient (Wildman–Crippen LogP) is 2.61. The third-order valence-electron chi connectivity index (χ3n) is 2.78. The fourth-order valence-corrected chi connectivity index (χ4v) is 1.67. The van der Waals surface area contributed by atoms with Gasteiger partial charge in [-0.1, -0.05) is 13.8 Å². The van der Waals surface area contributed by atoms with Crippen molar-refractivity contribution < 1.29 is 14.6 Å². The zero-order chi connectivity index (χ0) is 15.0. The van der Waals surface area contributed by atoms with E-state index >= 15 is 0 Å². The highest BCUT2D eigenvalue weighted by atomic mass is 16.5. The van der Waals surface area contributed by atoms with Crippen molar-refractivity contribution in [2.24, 2.45) is 5.92 Å². The topological polar surface area (TPSA) is 58.6 Å². The van der Waals surface area contributed by atoms with Gasteiger partial charge in [0.1, 0.15) is 5.75 Å². The van der Waals surface area contributed by atoms with Gasteiger partial charge in [0.25, 0.3) is 5.91 Å². The molecule has 2 N–H and O–H groups in total. The average Bonchev–Trinajstić information content (AvgIpc) is 2.41. The summed E-state index contributed by atoms with van der Waals surface area (Å²) in [6, 6.07) is 7.15. The molecule has 0 radical (unpaired) electrons. The largest absolute Gasteiger partial charge is 0.493 e. The van der Waals surface area contributed by atoms with Crippen LogP contribution in [0.4, 0.5) is 0 Å². The molecule has 0 saturated carbocycles. The summed E-state index contributed by atoms with van der Waals surface area (Å²) >= 11 is 0. The first kappa shape index (κ1) is 16.5. The number of rotatable bonds is 8. The van der Waals surface area contributed by atoms with E-state index < -0.39 is 0 Å². The maximum atomic E-state index is 11.9. The normalized spacial score (nSPS) is 12.2. The summed E-state index contributed by atoms with van der Waals surface area (Å²) in [5.74, 6) is 1.17. The monoisotopic (exact) mass is 279 g/mol. The molecule has 1 unspecified atom stereocenters. The van der Waals surface area contributed by atoms with Crippen molar-refractivity contribution in [3.05, 3.63) is 29.8 Å². The van der Waals surface area contributed by atoms with Crippen molar-refractivity contribution in [1.82, 2.24) is 5.32 Å². The summed E-state index contributed by atoms with van der Waals surface area (Å²) in [5.41, 5.74) is 0.624. The Kier molecular flexibility index (Phi) is 7.09. The molecule has 0 aliphatic carbocycles. The van der Waals surface area contributed by atoms with Crippen LogP contribution in [0.1, 0.15) is 44.0 Å². The van der Waals surface area contributed by atoms with E-state index in [2.05, 4.69) is 19.2 Å². The van der Waals surface area contributed by atoms with Gasteiger partial charge in [0.2, 0.25) is 0 Å². The lowest BCUT2D eigenvalue weighted by molar-refractivity contribution is 0.0949. The number of nitrogens with one attached hydrogen (secondary N) is 1. The first-order chi connectivity index (χ1) is 9.49. The number of benzene rings is 1. The summed E-state index contributed by atoms with van der Waals surface area (Å²) in [4.78, 5) is 11.9. The third kappa shape index (κ3) is 6.57. The molecule has 1 aromatic carbocycles. The van der Waals surface area contributed by atoms with Gasteiger partial charge in [-0.2, -0.15) is 0 Å². The molecule has 0 aliphatic rings. The highest BCUT2D eigenvalue weighted by Gasteiger charge is 2.05. The SMILES string of the molecule is CC(C)COc1ccc(C(=O)NCCCC(C)O)cc1. The van der Waals surface area contributed by atoms with Crippen LogP contribution in [0, 0.1) is 5.92 Å². The Morgan fingerprint density at radius 1 is 1.25 bits per heavy atom. The van der Waals surface area contributed by atoms with E-state index in [1.807, 2.05) is 12.1 Å². The summed E-state index contributed by atoms with van der Waals surface area (Å²) in [5, 5.41) is 12.0. The first-order valence-electron chi connectivity index (χ1n) is 7.18. The second-order valence-corrected chi connectivity index (χ2v) is 5.48. The van der Waals surface area contributed by atoms with Crippen LogP contribution in [-0.2, 0) is 0 Å². The Hall–Kier alpha value is -1.55. The van der Waals surface area contributed by atoms with E-state index in [1.54, 1.807) is 19.1 Å². The number of aliphatic hydroxyl groups excluding tert-OH is 1. The van der Waals surface area contributed by atoms with Crippen LogP contribution in [0.25, 0.3) is 0 Å². The maximum absolute atomic E-state index is 11.9. The van der Waals surface area contributed by atoms with Crippen LogP contribution in [0.5, 0.6) is 5.75 Å². The lowest BCUT2D eigenvalue weighted by Crippen LogP contribution is -2.25. The summed E-state index contributed by atoms with van der Waals surface area (Å²) < 4.78 is 5.57. The first-order valence-corrected chi connectivity index (χ1v) is 7.18. The molecule has 1 amide bonds. The number of hydrogen-bond acceptors (Lipinski definition) is 3. The van der Waals surface area contributed by atoms with Gasteiger partial charge in [-0.05, 0) is 49.9 Å². The summed E-state index contributed by atoms with van der Waals surface area (Å²) in [6.07, 6.45) is 1.16. The molecule has 1 aromatic rings. The van der Waals surface area contributed by atoms with Gasteiger partial charge in [0.15, 0.2) is 0 Å². The molecule has 4 heteroatoms. The van der Waals surface area contributed by atoms with Crippen molar-refractivity contribution in [1.29, 1.82) is 0 Å². The van der Waals surface area contributed by atoms with Gasteiger partial charge >= 0.3 is 0 Å². The van der Waals surface area contributed by atoms with Gasteiger partial charge in [0.05, 0.1) is 12.7 Å². The Bertz CT molecular complexity index is 399. The number of carbonyl (C=O) groups excluding carboxylic acids is 1. The van der Waals surface area contributed by atoms with Gasteiger partial charge in [-0.3, -0.25) is 4.79 Å². The quantitative estimate of drug-likeness (QED) is 0.719. The third-order valence-corrected chi connectivity index (χ3v) is 2.78. The molecule has 0 spiro atoms. The van der Waals surface area contributed by atoms with Crippen LogP contribution in [-0.4, -0.2) is 30.3 Å². The van der Waals surface area contributed by atoms with Crippen LogP contribution in [0.2, 0.25) is 0 Å². The van der Waals surface area contributed by atoms with Crippen LogP contribution in [0.15, 0.2) is 24.3 Å². The molecule has 0 fully saturated rings. The van der Waals surface area contributed by atoms with Crippen molar-refractivity contribution >= 4 is 5.91 Å². The minimum atomic E-state index is -0.315. The molecular formula is C16H25NO3. The second kappa shape index (κ2) is 8.59. The minimum Gasteiger partial charge on any atom is -0.493 e. The molecule has 112 valence electrons. The average molecular weight is 279 g/mol. The molecule has 0 aliphatic heterocycles. The van der Waals surface area contributed by atoms with Gasteiger partial charge < -0.3 is 15.2 Å². The fraction of sp³-hybridized carbons (Fsp3) is 0.562. The number of amides is 1. The smallest absolute Gasteiger partial charge is 0.251 e. The molecule has 4 nitrogen and oxygen atoms in total. The Morgan fingerprint density at radius 3 is 2.45 bits per heavy atom. The zero-order valence-corrected chi connectivity index (χ0v) is 12.6. The highest BCUT2D eigenvalue weighted by molar-refractivity contribution is 5.94.